The van der Waals surface area contributed by atoms with Crippen molar-refractivity contribution in [3.05, 3.63) is 40.2 Å². The molecule has 0 saturated carbocycles. The summed E-state index contributed by atoms with van der Waals surface area (Å²) in [4.78, 5) is 30.6. The number of aromatic nitrogens is 1. The molecule has 1 aromatic rings. The van der Waals surface area contributed by atoms with E-state index in [1.165, 1.54) is 16.7 Å². The fraction of sp³-hybridized carbons (Fsp3) is 0.524. The summed E-state index contributed by atoms with van der Waals surface area (Å²) in [5.41, 5.74) is 1.40. The first-order valence-electron chi connectivity index (χ1n) is 10.1. The minimum atomic E-state index is -1.10. The topological polar surface area (TPSA) is 127 Å². The summed E-state index contributed by atoms with van der Waals surface area (Å²) in [6, 6.07) is 5.74. The second kappa shape index (κ2) is 8.02. The minimum absolute atomic E-state index is 0.0712. The van der Waals surface area contributed by atoms with Gasteiger partial charge in [0.1, 0.15) is 17.5 Å². The molecule has 3 N–H and O–H groups in total. The number of β-lactam (4-membered cyclic amide) rings is 1. The van der Waals surface area contributed by atoms with Crippen LogP contribution in [0.15, 0.2) is 28.9 Å². The first kappa shape index (κ1) is 20.8. The Bertz CT molecular complexity index is 957. The summed E-state index contributed by atoms with van der Waals surface area (Å²) in [6.07, 6.45) is 2.32. The molecule has 2 saturated heterocycles. The number of rotatable bonds is 6. The van der Waals surface area contributed by atoms with E-state index in [1.807, 2.05) is 19.1 Å². The van der Waals surface area contributed by atoms with Gasteiger partial charge in [0.2, 0.25) is 5.91 Å². The lowest BCUT2D eigenvalue weighted by molar-refractivity contribution is -0.163. The molecule has 9 heteroatoms. The van der Waals surface area contributed by atoms with E-state index in [0.29, 0.717) is 12.1 Å². The Morgan fingerprint density at radius 2 is 2.30 bits per heavy atom. The lowest BCUT2D eigenvalue weighted by atomic mass is 9.79. The van der Waals surface area contributed by atoms with Crippen molar-refractivity contribution in [2.24, 2.45) is 11.8 Å². The highest BCUT2D eigenvalue weighted by Crippen LogP contribution is 2.51. The van der Waals surface area contributed by atoms with Gasteiger partial charge >= 0.3 is 5.97 Å². The third-order valence-electron chi connectivity index (χ3n) is 6.25. The number of hydrogen-bond acceptors (Lipinski definition) is 7. The number of aliphatic carboxylic acids is 1. The van der Waals surface area contributed by atoms with Crippen molar-refractivity contribution in [3.63, 3.8) is 0 Å². The summed E-state index contributed by atoms with van der Waals surface area (Å²) in [6.45, 7) is 4.24. The number of carboxylic acids is 1. The normalized spacial score (nSPS) is 31.3. The van der Waals surface area contributed by atoms with E-state index in [4.69, 9.17) is 0 Å². The van der Waals surface area contributed by atoms with Gasteiger partial charge in [-0.3, -0.25) is 4.79 Å². The largest absolute Gasteiger partial charge is 0.477 e. The van der Waals surface area contributed by atoms with Gasteiger partial charge in [0, 0.05) is 34.9 Å². The van der Waals surface area contributed by atoms with Gasteiger partial charge in [-0.15, -0.1) is 11.8 Å². The lowest BCUT2D eigenvalue weighted by Gasteiger charge is -2.46. The molecule has 3 aliphatic rings. The summed E-state index contributed by atoms with van der Waals surface area (Å²) in [5.74, 6) is -2.07. The van der Waals surface area contributed by atoms with Crippen molar-refractivity contribution in [2.45, 2.75) is 50.1 Å². The van der Waals surface area contributed by atoms with E-state index in [-0.39, 0.29) is 34.9 Å². The van der Waals surface area contributed by atoms with Gasteiger partial charge in [0.15, 0.2) is 0 Å². The summed E-state index contributed by atoms with van der Waals surface area (Å²) in [7, 11) is 0. The molecular weight excluding hydrogens is 404 g/mol. The number of carbonyl (C=O) groups is 2. The van der Waals surface area contributed by atoms with E-state index < -0.39 is 18.0 Å². The quantitative estimate of drug-likeness (QED) is 0.575. The van der Waals surface area contributed by atoms with Crippen LogP contribution in [-0.2, 0) is 16.0 Å². The highest BCUT2D eigenvalue weighted by molar-refractivity contribution is 8.03. The number of nitrogens with zero attached hydrogens (tertiary/aromatic N) is 3. The smallest absolute Gasteiger partial charge is 0.353 e. The van der Waals surface area contributed by atoms with E-state index in [2.05, 4.69) is 16.4 Å². The van der Waals surface area contributed by atoms with Crippen LogP contribution in [-0.4, -0.2) is 62.0 Å². The number of amides is 1. The Hall–Kier alpha value is -2.41. The van der Waals surface area contributed by atoms with Crippen LogP contribution in [0.25, 0.3) is 0 Å². The van der Waals surface area contributed by atoms with Gasteiger partial charge in [0.25, 0.3) is 0 Å². The standard InChI is InChI=1S/C21H24N4O4S/c1-10-17-16(11(2)26)20(27)25(17)18(21(28)29)19(10)30-14-7-13(24-9-14)6-12-4-3-5-23-15(12)8-22/h3-5,10-11,13-14,16-17,24,26H,6-7,9H2,1-2H3,(H,28,29)/t10-,11-,13-,14+,16-,17-/m1/s1. The lowest BCUT2D eigenvalue weighted by Crippen LogP contribution is -2.63. The molecule has 0 aliphatic carbocycles. The zero-order chi connectivity index (χ0) is 21.6. The third-order valence-corrected chi connectivity index (χ3v) is 7.76. The fourth-order valence-electron chi connectivity index (χ4n) is 4.86. The van der Waals surface area contributed by atoms with Crippen LogP contribution < -0.4 is 5.32 Å². The molecule has 0 radical (unpaired) electrons. The highest BCUT2D eigenvalue weighted by atomic mass is 32.2. The predicted octanol–water partition coefficient (Wildman–Crippen LogP) is 1.11. The second-order valence-electron chi connectivity index (χ2n) is 8.18. The number of carbonyl (C=O) groups excluding carboxylic acids is 1. The maximum Gasteiger partial charge on any atom is 0.353 e. The van der Waals surface area contributed by atoms with Crippen LogP contribution in [0.1, 0.15) is 31.5 Å². The summed E-state index contributed by atoms with van der Waals surface area (Å²) in [5, 5.41) is 32.6. The number of hydrogen-bond donors (Lipinski definition) is 3. The molecule has 6 atom stereocenters. The van der Waals surface area contributed by atoms with E-state index in [0.717, 1.165) is 23.4 Å². The maximum atomic E-state index is 12.5. The molecule has 4 heterocycles. The number of carboxylic acid groups (broad SMARTS) is 1. The monoisotopic (exact) mass is 428 g/mol. The van der Waals surface area contributed by atoms with Crippen LogP contribution in [0.2, 0.25) is 0 Å². The van der Waals surface area contributed by atoms with Gasteiger partial charge in [-0.25, -0.2) is 9.78 Å². The van der Waals surface area contributed by atoms with Crippen LogP contribution in [0.5, 0.6) is 0 Å². The number of aliphatic hydroxyl groups is 1. The van der Waals surface area contributed by atoms with Gasteiger partial charge in [-0.1, -0.05) is 13.0 Å². The zero-order valence-electron chi connectivity index (χ0n) is 16.8. The molecule has 8 nitrogen and oxygen atoms in total. The Morgan fingerprint density at radius 1 is 1.53 bits per heavy atom. The minimum Gasteiger partial charge on any atom is -0.477 e. The Balaban J connectivity index is 1.47. The average molecular weight is 429 g/mol. The summed E-state index contributed by atoms with van der Waals surface area (Å²) >= 11 is 1.53. The molecule has 30 heavy (non-hydrogen) atoms. The predicted molar refractivity (Wildman–Crippen MR) is 110 cm³/mol. The van der Waals surface area contributed by atoms with E-state index in [1.54, 1.807) is 13.1 Å². The van der Waals surface area contributed by atoms with Crippen molar-refractivity contribution in [2.75, 3.05) is 6.54 Å². The van der Waals surface area contributed by atoms with Crippen molar-refractivity contribution < 1.29 is 19.8 Å². The van der Waals surface area contributed by atoms with Crippen molar-refractivity contribution in [3.8, 4) is 6.07 Å². The highest BCUT2D eigenvalue weighted by Gasteiger charge is 2.60. The van der Waals surface area contributed by atoms with Gasteiger partial charge in [-0.05, 0) is 31.4 Å². The van der Waals surface area contributed by atoms with Crippen LogP contribution >= 0.6 is 11.8 Å². The van der Waals surface area contributed by atoms with Gasteiger partial charge < -0.3 is 20.4 Å². The van der Waals surface area contributed by atoms with E-state index >= 15 is 0 Å². The molecule has 1 aromatic heterocycles. The van der Waals surface area contributed by atoms with E-state index in [9.17, 15) is 25.1 Å². The van der Waals surface area contributed by atoms with Crippen LogP contribution in [0.4, 0.5) is 0 Å². The van der Waals surface area contributed by atoms with Crippen LogP contribution in [0.3, 0.4) is 0 Å². The number of nitrogens with one attached hydrogen (secondary N) is 1. The molecule has 2 fully saturated rings. The average Bonchev–Trinajstić information content (AvgIpc) is 3.23. The molecule has 1 amide bonds. The Labute approximate surface area is 179 Å². The Kier molecular flexibility index (Phi) is 5.57. The molecule has 4 rings (SSSR count). The first-order chi connectivity index (χ1) is 14.3. The number of aliphatic hydroxyl groups excluding tert-OH is 1. The second-order valence-corrected chi connectivity index (χ2v) is 9.52. The fourth-order valence-corrected chi connectivity index (χ4v) is 6.37. The van der Waals surface area contributed by atoms with Crippen molar-refractivity contribution in [1.29, 1.82) is 5.26 Å². The van der Waals surface area contributed by atoms with Crippen molar-refractivity contribution >= 4 is 23.6 Å². The molecule has 0 bridgehead atoms. The molecule has 3 aliphatic heterocycles. The summed E-state index contributed by atoms with van der Waals surface area (Å²) < 4.78 is 0. The maximum absolute atomic E-state index is 12.5. The number of fused-ring (bicyclic) bond motifs is 1. The molecule has 0 unspecified atom stereocenters. The number of thioether (sulfide) groups is 1. The molecule has 158 valence electrons. The first-order valence-corrected chi connectivity index (χ1v) is 10.9. The van der Waals surface area contributed by atoms with Crippen molar-refractivity contribution in [1.82, 2.24) is 15.2 Å². The molecule has 0 spiro atoms. The number of pyridine rings is 1. The Morgan fingerprint density at radius 3 is 2.97 bits per heavy atom. The number of nitriles is 1. The van der Waals surface area contributed by atoms with Crippen LogP contribution in [0, 0.1) is 23.2 Å². The third kappa shape index (κ3) is 3.39. The SMILES string of the molecule is C[C@@H](O)[C@H]1C(=O)N2C(C(=O)O)=C(S[C@@H]3CN[C@H](Cc4cccnc4C#N)C3)[C@H](C)[C@H]12. The molecular formula is C21H24N4O4S. The van der Waals surface area contributed by atoms with Gasteiger partial charge in [-0.2, -0.15) is 5.26 Å². The zero-order valence-corrected chi connectivity index (χ0v) is 17.6. The van der Waals surface area contributed by atoms with Gasteiger partial charge in [0.05, 0.1) is 18.1 Å². The molecule has 0 aromatic carbocycles.